The predicted molar refractivity (Wildman–Crippen MR) is 95.8 cm³/mol. The van der Waals surface area contributed by atoms with E-state index in [1.54, 1.807) is 33.8 Å². The number of ether oxygens (including phenoxy) is 2. The third kappa shape index (κ3) is 3.52. The summed E-state index contributed by atoms with van der Waals surface area (Å²) in [6.45, 7) is 4.30. The highest BCUT2D eigenvalue weighted by Gasteiger charge is 2.29. The number of fused-ring (bicyclic) bond motifs is 1. The molecule has 3 heterocycles. The topological polar surface area (TPSA) is 59.1 Å². The quantitative estimate of drug-likeness (QED) is 0.812. The second-order valence-electron chi connectivity index (χ2n) is 6.07. The maximum Gasteiger partial charge on any atom is 0.243 e. The third-order valence-electron chi connectivity index (χ3n) is 4.44. The molecule has 1 aromatic heterocycles. The number of thiophene rings is 1. The Hall–Kier alpha value is -1.61. The highest BCUT2D eigenvalue weighted by molar-refractivity contribution is 7.89. The molecule has 0 unspecified atom stereocenters. The fourth-order valence-corrected chi connectivity index (χ4v) is 5.27. The van der Waals surface area contributed by atoms with Gasteiger partial charge in [-0.1, -0.05) is 6.07 Å². The van der Waals surface area contributed by atoms with Crippen molar-refractivity contribution in [2.24, 2.45) is 0 Å². The van der Waals surface area contributed by atoms with Crippen molar-refractivity contribution in [1.82, 2.24) is 9.21 Å². The van der Waals surface area contributed by atoms with Gasteiger partial charge in [0.2, 0.25) is 10.0 Å². The Morgan fingerprint density at radius 3 is 2.48 bits per heavy atom. The highest BCUT2D eigenvalue weighted by atomic mass is 32.2. The zero-order chi connectivity index (χ0) is 17.3. The average molecular weight is 380 g/mol. The maximum absolute atomic E-state index is 12.9. The van der Waals surface area contributed by atoms with E-state index in [1.807, 2.05) is 6.07 Å². The number of piperazine rings is 1. The van der Waals surface area contributed by atoms with Crippen molar-refractivity contribution in [3.8, 4) is 11.5 Å². The zero-order valence-corrected chi connectivity index (χ0v) is 15.4. The highest BCUT2D eigenvalue weighted by Crippen LogP contribution is 2.33. The lowest BCUT2D eigenvalue weighted by atomic mass is 10.3. The molecule has 0 radical (unpaired) electrons. The Morgan fingerprint density at radius 1 is 1.00 bits per heavy atom. The summed E-state index contributed by atoms with van der Waals surface area (Å²) in [4.78, 5) is 3.87. The van der Waals surface area contributed by atoms with Crippen LogP contribution in [-0.2, 0) is 16.6 Å². The van der Waals surface area contributed by atoms with Gasteiger partial charge in [0.1, 0.15) is 13.2 Å². The molecule has 0 saturated carbocycles. The van der Waals surface area contributed by atoms with Crippen molar-refractivity contribution >= 4 is 21.4 Å². The van der Waals surface area contributed by atoms with Crippen molar-refractivity contribution in [1.29, 1.82) is 0 Å². The van der Waals surface area contributed by atoms with Crippen molar-refractivity contribution in [2.45, 2.75) is 11.4 Å². The summed E-state index contributed by atoms with van der Waals surface area (Å²) < 4.78 is 38.3. The van der Waals surface area contributed by atoms with Crippen LogP contribution in [0.5, 0.6) is 11.5 Å². The van der Waals surface area contributed by atoms with Gasteiger partial charge in [-0.2, -0.15) is 4.31 Å². The van der Waals surface area contributed by atoms with E-state index < -0.39 is 10.0 Å². The van der Waals surface area contributed by atoms with Crippen molar-refractivity contribution < 1.29 is 17.9 Å². The third-order valence-corrected chi connectivity index (χ3v) is 7.20. The van der Waals surface area contributed by atoms with Crippen molar-refractivity contribution in [3.63, 3.8) is 0 Å². The van der Waals surface area contributed by atoms with E-state index in [0.29, 0.717) is 37.8 Å². The monoisotopic (exact) mass is 380 g/mol. The van der Waals surface area contributed by atoms with Gasteiger partial charge in [-0.3, -0.25) is 4.90 Å². The molecule has 1 saturated heterocycles. The Labute approximate surface area is 151 Å². The summed E-state index contributed by atoms with van der Waals surface area (Å²) in [5.41, 5.74) is 0. The van der Waals surface area contributed by atoms with Crippen LogP contribution < -0.4 is 9.47 Å². The molecular weight excluding hydrogens is 360 g/mol. The van der Waals surface area contributed by atoms with Crippen LogP contribution in [0.25, 0.3) is 0 Å². The first-order chi connectivity index (χ1) is 12.1. The van der Waals surface area contributed by atoms with Gasteiger partial charge in [0.05, 0.1) is 4.90 Å². The molecule has 0 amide bonds. The van der Waals surface area contributed by atoms with Crippen LogP contribution in [0.3, 0.4) is 0 Å². The van der Waals surface area contributed by atoms with Crippen LogP contribution in [0, 0.1) is 0 Å². The Morgan fingerprint density at radius 2 is 1.76 bits per heavy atom. The molecule has 0 spiro atoms. The SMILES string of the molecule is O=S(=O)(c1ccc2c(c1)OCCO2)N1CCN(Cc2cccs2)CC1. The molecule has 1 fully saturated rings. The van der Waals surface area contributed by atoms with E-state index in [9.17, 15) is 8.42 Å². The van der Waals surface area contributed by atoms with Crippen molar-refractivity contribution in [2.75, 3.05) is 39.4 Å². The summed E-state index contributed by atoms with van der Waals surface area (Å²) in [5, 5.41) is 2.07. The Balaban J connectivity index is 1.44. The minimum Gasteiger partial charge on any atom is -0.486 e. The van der Waals surface area contributed by atoms with E-state index in [1.165, 1.54) is 4.88 Å². The van der Waals surface area contributed by atoms with Gasteiger partial charge in [0, 0.05) is 43.7 Å². The standard InChI is InChI=1S/C17H20N2O4S2/c20-25(21,15-3-4-16-17(12-15)23-10-9-22-16)19-7-5-18(6-8-19)13-14-2-1-11-24-14/h1-4,11-12H,5-10,13H2. The van der Waals surface area contributed by atoms with Crippen LogP contribution in [0.15, 0.2) is 40.6 Å². The molecule has 8 heteroatoms. The van der Waals surface area contributed by atoms with Crippen LogP contribution in [0.4, 0.5) is 0 Å². The number of sulfonamides is 1. The number of hydrogen-bond donors (Lipinski definition) is 0. The average Bonchev–Trinajstić information content (AvgIpc) is 3.15. The maximum atomic E-state index is 12.9. The van der Waals surface area contributed by atoms with E-state index in [2.05, 4.69) is 16.3 Å². The largest absolute Gasteiger partial charge is 0.486 e. The fraction of sp³-hybridized carbons (Fsp3) is 0.412. The van der Waals surface area contributed by atoms with Gasteiger partial charge in [-0.15, -0.1) is 11.3 Å². The first-order valence-electron chi connectivity index (χ1n) is 8.27. The summed E-state index contributed by atoms with van der Waals surface area (Å²) >= 11 is 1.73. The number of nitrogens with zero attached hydrogens (tertiary/aromatic N) is 2. The van der Waals surface area contributed by atoms with Crippen molar-refractivity contribution in [3.05, 3.63) is 40.6 Å². The minimum atomic E-state index is -3.51. The lowest BCUT2D eigenvalue weighted by molar-refractivity contribution is 0.170. The summed E-state index contributed by atoms with van der Waals surface area (Å²) in [7, 11) is -3.51. The molecule has 1 aromatic carbocycles. The Kier molecular flexibility index (Phi) is 4.68. The van der Waals surface area contributed by atoms with Crippen LogP contribution >= 0.6 is 11.3 Å². The first-order valence-corrected chi connectivity index (χ1v) is 10.6. The molecule has 134 valence electrons. The summed E-state index contributed by atoms with van der Waals surface area (Å²) in [6.07, 6.45) is 0. The van der Waals surface area contributed by atoms with E-state index in [4.69, 9.17) is 9.47 Å². The molecule has 2 aromatic rings. The van der Waals surface area contributed by atoms with Crippen LogP contribution in [0.2, 0.25) is 0 Å². The molecule has 4 rings (SSSR count). The van der Waals surface area contributed by atoms with E-state index in [0.717, 1.165) is 19.6 Å². The van der Waals surface area contributed by atoms with Gasteiger partial charge in [-0.25, -0.2) is 8.42 Å². The first kappa shape index (κ1) is 16.8. The summed E-state index contributed by atoms with van der Waals surface area (Å²) in [5.74, 6) is 1.11. The van der Waals surface area contributed by atoms with Gasteiger partial charge in [0.25, 0.3) is 0 Å². The normalized spacial score (nSPS) is 19.0. The zero-order valence-electron chi connectivity index (χ0n) is 13.8. The van der Waals surface area contributed by atoms with Gasteiger partial charge < -0.3 is 9.47 Å². The molecule has 2 aliphatic rings. The van der Waals surface area contributed by atoms with E-state index >= 15 is 0 Å². The second kappa shape index (κ2) is 6.95. The number of rotatable bonds is 4. The van der Waals surface area contributed by atoms with Crippen LogP contribution in [-0.4, -0.2) is 57.0 Å². The fourth-order valence-electron chi connectivity index (χ4n) is 3.08. The molecule has 6 nitrogen and oxygen atoms in total. The molecule has 2 aliphatic heterocycles. The molecule has 0 atom stereocenters. The van der Waals surface area contributed by atoms with Gasteiger partial charge in [0.15, 0.2) is 11.5 Å². The van der Waals surface area contributed by atoms with E-state index in [-0.39, 0.29) is 4.90 Å². The second-order valence-corrected chi connectivity index (χ2v) is 9.04. The Bertz CT molecular complexity index is 828. The molecular formula is C17H20N2O4S2. The minimum absolute atomic E-state index is 0.267. The molecule has 25 heavy (non-hydrogen) atoms. The van der Waals surface area contributed by atoms with Crippen LogP contribution in [0.1, 0.15) is 4.88 Å². The predicted octanol–water partition coefficient (Wildman–Crippen LogP) is 2.03. The number of benzene rings is 1. The molecule has 0 aliphatic carbocycles. The van der Waals surface area contributed by atoms with Gasteiger partial charge in [-0.05, 0) is 23.6 Å². The lowest BCUT2D eigenvalue weighted by Crippen LogP contribution is -2.48. The summed E-state index contributed by atoms with van der Waals surface area (Å²) in [6, 6.07) is 9.00. The van der Waals surface area contributed by atoms with Gasteiger partial charge >= 0.3 is 0 Å². The smallest absolute Gasteiger partial charge is 0.243 e. The molecule has 0 bridgehead atoms. The molecule has 0 N–H and O–H groups in total. The number of hydrogen-bond acceptors (Lipinski definition) is 6. The lowest BCUT2D eigenvalue weighted by Gasteiger charge is -2.33.